The summed E-state index contributed by atoms with van der Waals surface area (Å²) in [5.74, 6) is -1.44. The Morgan fingerprint density at radius 1 is 1.44 bits per heavy atom. The number of benzene rings is 1. The highest BCUT2D eigenvalue weighted by molar-refractivity contribution is 6.31. The van der Waals surface area contributed by atoms with Crippen molar-refractivity contribution in [3.8, 4) is 0 Å². The van der Waals surface area contributed by atoms with Gasteiger partial charge in [0.15, 0.2) is 0 Å². The van der Waals surface area contributed by atoms with E-state index in [9.17, 15) is 14.4 Å². The molecule has 1 aromatic rings. The number of imide groups is 1. The van der Waals surface area contributed by atoms with Gasteiger partial charge in [-0.2, -0.15) is 0 Å². The van der Waals surface area contributed by atoms with Gasteiger partial charge in [-0.1, -0.05) is 11.6 Å². The Bertz CT molecular complexity index is 544. The van der Waals surface area contributed by atoms with Crippen LogP contribution < -0.4 is 16.4 Å². The first-order valence-corrected chi connectivity index (χ1v) is 5.55. The summed E-state index contributed by atoms with van der Waals surface area (Å²) in [6.45, 7) is 0. The van der Waals surface area contributed by atoms with Crippen LogP contribution in [0.3, 0.4) is 0 Å². The van der Waals surface area contributed by atoms with Gasteiger partial charge in [-0.3, -0.25) is 19.7 Å². The van der Waals surface area contributed by atoms with E-state index >= 15 is 0 Å². The van der Waals surface area contributed by atoms with E-state index in [1.165, 1.54) is 18.2 Å². The summed E-state index contributed by atoms with van der Waals surface area (Å²) < 4.78 is 0. The average Bonchev–Trinajstić information content (AvgIpc) is 2.57. The number of nitrogen functional groups attached to an aromatic ring is 1. The first-order valence-electron chi connectivity index (χ1n) is 5.17. The van der Waals surface area contributed by atoms with Gasteiger partial charge in [-0.25, -0.2) is 0 Å². The molecule has 1 aromatic carbocycles. The minimum Gasteiger partial charge on any atom is -0.398 e. The topological polar surface area (TPSA) is 101 Å². The minimum absolute atomic E-state index is 0.0575. The van der Waals surface area contributed by atoms with Crippen molar-refractivity contribution in [2.45, 2.75) is 12.5 Å². The van der Waals surface area contributed by atoms with E-state index in [0.29, 0.717) is 5.02 Å². The number of amides is 3. The van der Waals surface area contributed by atoms with Gasteiger partial charge in [0.2, 0.25) is 11.8 Å². The summed E-state index contributed by atoms with van der Waals surface area (Å²) in [7, 11) is 0. The molecule has 3 amide bonds. The highest BCUT2D eigenvalue weighted by Crippen LogP contribution is 2.18. The van der Waals surface area contributed by atoms with E-state index in [2.05, 4.69) is 10.6 Å². The lowest BCUT2D eigenvalue weighted by molar-refractivity contribution is -0.125. The highest BCUT2D eigenvalue weighted by Gasteiger charge is 2.32. The van der Waals surface area contributed by atoms with Crippen molar-refractivity contribution in [3.05, 3.63) is 28.8 Å². The number of rotatable bonds is 2. The number of carbonyl (C=O) groups is 3. The second-order valence-corrected chi connectivity index (χ2v) is 4.31. The highest BCUT2D eigenvalue weighted by atomic mass is 35.5. The molecule has 7 heteroatoms. The Hall–Kier alpha value is -2.08. The van der Waals surface area contributed by atoms with Crippen LogP contribution in [0.5, 0.6) is 0 Å². The zero-order chi connectivity index (χ0) is 13.3. The fourth-order valence-corrected chi connectivity index (χ4v) is 1.83. The van der Waals surface area contributed by atoms with Crippen molar-refractivity contribution < 1.29 is 14.4 Å². The predicted molar refractivity (Wildman–Crippen MR) is 64.9 cm³/mol. The summed E-state index contributed by atoms with van der Waals surface area (Å²) in [5.41, 5.74) is 6.07. The Labute approximate surface area is 107 Å². The molecule has 1 fully saturated rings. The first-order chi connectivity index (χ1) is 8.47. The Kier molecular flexibility index (Phi) is 3.20. The van der Waals surface area contributed by atoms with Crippen molar-refractivity contribution in [1.82, 2.24) is 10.6 Å². The van der Waals surface area contributed by atoms with E-state index in [1.54, 1.807) is 0 Å². The van der Waals surface area contributed by atoms with Crippen molar-refractivity contribution in [2.75, 3.05) is 5.73 Å². The molecule has 94 valence electrons. The fourth-order valence-electron chi connectivity index (χ4n) is 1.65. The van der Waals surface area contributed by atoms with Crippen molar-refractivity contribution >= 4 is 35.0 Å². The molecule has 0 aliphatic carbocycles. The number of nitrogens with one attached hydrogen (secondary N) is 2. The molecule has 1 unspecified atom stereocenters. The molecule has 1 heterocycles. The van der Waals surface area contributed by atoms with Crippen LogP contribution in [-0.4, -0.2) is 23.8 Å². The maximum atomic E-state index is 11.9. The Morgan fingerprint density at radius 3 is 2.72 bits per heavy atom. The number of carbonyl (C=O) groups excluding carboxylic acids is 3. The molecule has 1 aliphatic rings. The number of anilines is 1. The normalized spacial score (nSPS) is 18.6. The van der Waals surface area contributed by atoms with Crippen LogP contribution in [0.15, 0.2) is 18.2 Å². The summed E-state index contributed by atoms with van der Waals surface area (Å²) in [6, 6.07) is 3.57. The van der Waals surface area contributed by atoms with Gasteiger partial charge in [0.25, 0.3) is 5.91 Å². The third-order valence-corrected chi connectivity index (χ3v) is 2.77. The molecule has 1 atom stereocenters. The van der Waals surface area contributed by atoms with Crippen LogP contribution in [0.1, 0.15) is 16.8 Å². The summed E-state index contributed by atoms with van der Waals surface area (Å²) in [4.78, 5) is 34.1. The molecule has 4 N–H and O–H groups in total. The maximum Gasteiger partial charge on any atom is 0.254 e. The lowest BCUT2D eigenvalue weighted by atomic mass is 10.1. The minimum atomic E-state index is -0.847. The molecule has 0 radical (unpaired) electrons. The van der Waals surface area contributed by atoms with Crippen LogP contribution in [0, 0.1) is 0 Å². The number of halogens is 1. The average molecular weight is 268 g/mol. The Morgan fingerprint density at radius 2 is 2.17 bits per heavy atom. The lowest BCUT2D eigenvalue weighted by Gasteiger charge is -2.10. The van der Waals surface area contributed by atoms with Crippen molar-refractivity contribution in [3.63, 3.8) is 0 Å². The van der Waals surface area contributed by atoms with Gasteiger partial charge in [0, 0.05) is 10.7 Å². The van der Waals surface area contributed by atoms with Crippen LogP contribution >= 0.6 is 11.6 Å². The van der Waals surface area contributed by atoms with Gasteiger partial charge in [-0.15, -0.1) is 0 Å². The lowest BCUT2D eigenvalue weighted by Crippen LogP contribution is -2.40. The molecular weight excluding hydrogens is 258 g/mol. The molecule has 2 rings (SSSR count). The van der Waals surface area contributed by atoms with E-state index < -0.39 is 23.8 Å². The SMILES string of the molecule is Nc1cc(Cl)ccc1C(=O)NC1CC(=O)NC1=O. The zero-order valence-corrected chi connectivity index (χ0v) is 9.95. The second kappa shape index (κ2) is 4.66. The summed E-state index contributed by atoms with van der Waals surface area (Å²) in [5, 5.41) is 4.96. The number of hydrogen-bond donors (Lipinski definition) is 3. The molecule has 1 aliphatic heterocycles. The van der Waals surface area contributed by atoms with E-state index in [1.807, 2.05) is 0 Å². The number of hydrogen-bond acceptors (Lipinski definition) is 4. The third kappa shape index (κ3) is 2.43. The predicted octanol–water partition coefficient (Wildman–Crippen LogP) is 0.0671. The fraction of sp³-hybridized carbons (Fsp3) is 0.182. The monoisotopic (exact) mass is 267 g/mol. The second-order valence-electron chi connectivity index (χ2n) is 3.87. The first kappa shape index (κ1) is 12.4. The molecule has 0 saturated carbocycles. The molecular formula is C11H10ClN3O3. The van der Waals surface area contributed by atoms with Crippen molar-refractivity contribution in [2.24, 2.45) is 0 Å². The van der Waals surface area contributed by atoms with E-state index in [0.717, 1.165) is 0 Å². The molecule has 6 nitrogen and oxygen atoms in total. The van der Waals surface area contributed by atoms with Gasteiger partial charge in [-0.05, 0) is 18.2 Å². The van der Waals surface area contributed by atoms with Crippen LogP contribution in [0.2, 0.25) is 5.02 Å². The third-order valence-electron chi connectivity index (χ3n) is 2.53. The molecule has 1 saturated heterocycles. The van der Waals surface area contributed by atoms with E-state index in [-0.39, 0.29) is 17.7 Å². The van der Waals surface area contributed by atoms with Crippen LogP contribution in [0.4, 0.5) is 5.69 Å². The molecule has 18 heavy (non-hydrogen) atoms. The maximum absolute atomic E-state index is 11.9. The summed E-state index contributed by atoms with van der Waals surface area (Å²) in [6.07, 6.45) is -0.0575. The summed E-state index contributed by atoms with van der Waals surface area (Å²) >= 11 is 5.71. The van der Waals surface area contributed by atoms with Crippen LogP contribution in [-0.2, 0) is 9.59 Å². The standard InChI is InChI=1S/C11H10ClN3O3/c12-5-1-2-6(7(13)3-5)10(17)14-8-4-9(16)15-11(8)18/h1-3,8H,4,13H2,(H,14,17)(H,15,16,18). The van der Waals surface area contributed by atoms with Gasteiger partial charge in [0.05, 0.1) is 12.0 Å². The Balaban J connectivity index is 2.13. The van der Waals surface area contributed by atoms with Gasteiger partial charge < -0.3 is 11.1 Å². The van der Waals surface area contributed by atoms with Crippen LogP contribution in [0.25, 0.3) is 0 Å². The zero-order valence-electron chi connectivity index (χ0n) is 9.20. The van der Waals surface area contributed by atoms with Crippen molar-refractivity contribution in [1.29, 1.82) is 0 Å². The molecule has 0 aromatic heterocycles. The van der Waals surface area contributed by atoms with Gasteiger partial charge in [0.1, 0.15) is 6.04 Å². The number of nitrogens with two attached hydrogens (primary N) is 1. The quantitative estimate of drug-likeness (QED) is 0.521. The van der Waals surface area contributed by atoms with E-state index in [4.69, 9.17) is 17.3 Å². The molecule has 0 bridgehead atoms. The molecule has 0 spiro atoms. The largest absolute Gasteiger partial charge is 0.398 e. The van der Waals surface area contributed by atoms with Gasteiger partial charge >= 0.3 is 0 Å². The smallest absolute Gasteiger partial charge is 0.254 e.